The van der Waals surface area contributed by atoms with Gasteiger partial charge in [0.05, 0.1) is 6.61 Å². The summed E-state index contributed by atoms with van der Waals surface area (Å²) in [7, 11) is 2.02. The van der Waals surface area contributed by atoms with Crippen LogP contribution in [0.4, 0.5) is 0 Å². The molecule has 0 fully saturated rings. The van der Waals surface area contributed by atoms with Crippen molar-refractivity contribution in [2.75, 3.05) is 13.7 Å². The number of hydrogen-bond donors (Lipinski definition) is 1. The third-order valence-corrected chi connectivity index (χ3v) is 2.94. The van der Waals surface area contributed by atoms with E-state index in [1.165, 1.54) is 5.56 Å². The molecule has 3 heteroatoms. The monoisotopic (exact) mass is 208 g/mol. The van der Waals surface area contributed by atoms with E-state index in [9.17, 15) is 5.11 Å². The van der Waals surface area contributed by atoms with Gasteiger partial charge in [0.25, 0.3) is 0 Å². The first-order chi connectivity index (χ1) is 6.97. The lowest BCUT2D eigenvalue weighted by Gasteiger charge is -2.34. The molecule has 0 aliphatic rings. The zero-order chi connectivity index (χ0) is 11.5. The highest BCUT2D eigenvalue weighted by Crippen LogP contribution is 2.16. The Hall–Kier alpha value is -0.930. The van der Waals surface area contributed by atoms with Crippen molar-refractivity contribution in [3.63, 3.8) is 0 Å². The molecule has 0 bridgehead atoms. The maximum Gasteiger partial charge on any atom is 0.0610 e. The van der Waals surface area contributed by atoms with E-state index in [4.69, 9.17) is 0 Å². The van der Waals surface area contributed by atoms with E-state index in [-0.39, 0.29) is 12.1 Å². The number of aromatic nitrogens is 1. The molecule has 15 heavy (non-hydrogen) atoms. The summed E-state index contributed by atoms with van der Waals surface area (Å²) in [5, 5.41) is 9.25. The number of pyridine rings is 1. The second-order valence-corrected chi connectivity index (χ2v) is 4.57. The summed E-state index contributed by atoms with van der Waals surface area (Å²) in [4.78, 5) is 6.39. The molecule has 0 saturated heterocycles. The van der Waals surface area contributed by atoms with Crippen molar-refractivity contribution in [2.24, 2.45) is 0 Å². The van der Waals surface area contributed by atoms with Crippen LogP contribution in [0.15, 0.2) is 18.3 Å². The van der Waals surface area contributed by atoms with Crippen molar-refractivity contribution in [2.45, 2.75) is 32.9 Å². The zero-order valence-electron chi connectivity index (χ0n) is 9.99. The normalized spacial score (nSPS) is 12.1. The lowest BCUT2D eigenvalue weighted by molar-refractivity contribution is 0.0731. The maximum absolute atomic E-state index is 9.25. The zero-order valence-corrected chi connectivity index (χ0v) is 9.99. The molecule has 1 N–H and O–H groups in total. The molecule has 84 valence electrons. The minimum Gasteiger partial charge on any atom is -0.394 e. The van der Waals surface area contributed by atoms with Crippen LogP contribution in [0.3, 0.4) is 0 Å². The molecule has 3 nitrogen and oxygen atoms in total. The number of likely N-dealkylation sites (N-methyl/N-ethyl adjacent to an activating group) is 1. The minimum absolute atomic E-state index is 0.156. The Labute approximate surface area is 91.8 Å². The quantitative estimate of drug-likeness (QED) is 0.816. The van der Waals surface area contributed by atoms with Gasteiger partial charge in [-0.15, -0.1) is 0 Å². The van der Waals surface area contributed by atoms with Gasteiger partial charge in [0.15, 0.2) is 0 Å². The van der Waals surface area contributed by atoms with Crippen molar-refractivity contribution in [1.29, 1.82) is 0 Å². The van der Waals surface area contributed by atoms with E-state index in [0.29, 0.717) is 0 Å². The van der Waals surface area contributed by atoms with Crippen LogP contribution in [0.2, 0.25) is 0 Å². The van der Waals surface area contributed by atoms with Crippen molar-refractivity contribution >= 4 is 0 Å². The van der Waals surface area contributed by atoms with E-state index < -0.39 is 0 Å². The third kappa shape index (κ3) is 3.01. The maximum atomic E-state index is 9.25. The van der Waals surface area contributed by atoms with Gasteiger partial charge in [0, 0.05) is 24.0 Å². The van der Waals surface area contributed by atoms with E-state index in [1.807, 2.05) is 33.9 Å². The fourth-order valence-electron chi connectivity index (χ4n) is 1.27. The van der Waals surface area contributed by atoms with Gasteiger partial charge in [-0.05, 0) is 39.4 Å². The summed E-state index contributed by atoms with van der Waals surface area (Å²) < 4.78 is 0. The van der Waals surface area contributed by atoms with Gasteiger partial charge in [-0.25, -0.2) is 0 Å². The average Bonchev–Trinajstić information content (AvgIpc) is 2.21. The molecule has 0 aliphatic carbocycles. The molecule has 0 saturated carbocycles. The first kappa shape index (κ1) is 12.1. The molecule has 0 aliphatic heterocycles. The van der Waals surface area contributed by atoms with Gasteiger partial charge in [-0.2, -0.15) is 0 Å². The number of aliphatic hydroxyl groups is 1. The summed E-state index contributed by atoms with van der Waals surface area (Å²) >= 11 is 0. The first-order valence-electron chi connectivity index (χ1n) is 5.20. The van der Waals surface area contributed by atoms with Crippen molar-refractivity contribution < 1.29 is 5.11 Å². The molecule has 1 aromatic rings. The van der Waals surface area contributed by atoms with Crippen molar-refractivity contribution in [3.05, 3.63) is 29.6 Å². The van der Waals surface area contributed by atoms with Gasteiger partial charge in [0.1, 0.15) is 0 Å². The lowest BCUT2D eigenvalue weighted by atomic mass is 10.0. The van der Waals surface area contributed by atoms with E-state index in [0.717, 1.165) is 12.2 Å². The van der Waals surface area contributed by atoms with Crippen LogP contribution >= 0.6 is 0 Å². The summed E-state index contributed by atoms with van der Waals surface area (Å²) in [5.74, 6) is 0. The molecule has 0 amide bonds. The highest BCUT2D eigenvalue weighted by molar-refractivity contribution is 5.18. The van der Waals surface area contributed by atoms with Gasteiger partial charge in [-0.1, -0.05) is 6.07 Å². The minimum atomic E-state index is -0.192. The SMILES string of the molecule is Cc1ncccc1CN(C)C(C)(C)CO. The predicted octanol–water partition coefficient (Wildman–Crippen LogP) is 1.59. The highest BCUT2D eigenvalue weighted by atomic mass is 16.3. The van der Waals surface area contributed by atoms with E-state index in [1.54, 1.807) is 6.20 Å². The van der Waals surface area contributed by atoms with Gasteiger partial charge in [0.2, 0.25) is 0 Å². The standard InChI is InChI=1S/C12H20N2O/c1-10-11(6-5-7-13-10)8-14(4)12(2,3)9-15/h5-7,15H,8-9H2,1-4H3. The fourth-order valence-corrected chi connectivity index (χ4v) is 1.27. The second-order valence-electron chi connectivity index (χ2n) is 4.57. The molecule has 0 unspecified atom stereocenters. The summed E-state index contributed by atoms with van der Waals surface area (Å²) in [6, 6.07) is 4.02. The van der Waals surface area contributed by atoms with Crippen LogP contribution in [-0.2, 0) is 6.54 Å². The number of aliphatic hydroxyl groups excluding tert-OH is 1. The largest absolute Gasteiger partial charge is 0.394 e. The topological polar surface area (TPSA) is 36.4 Å². The molecular formula is C12H20N2O. The molecule has 1 aromatic heterocycles. The van der Waals surface area contributed by atoms with E-state index >= 15 is 0 Å². The molecule has 1 rings (SSSR count). The Bertz CT molecular complexity index is 323. The van der Waals surface area contributed by atoms with Crippen LogP contribution in [0.25, 0.3) is 0 Å². The molecule has 1 heterocycles. The Kier molecular flexibility index (Phi) is 3.83. The molecule has 0 radical (unpaired) electrons. The smallest absolute Gasteiger partial charge is 0.0610 e. The summed E-state index contributed by atoms with van der Waals surface area (Å²) in [6.07, 6.45) is 1.80. The fraction of sp³-hybridized carbons (Fsp3) is 0.583. The van der Waals surface area contributed by atoms with Gasteiger partial charge in [-0.3, -0.25) is 9.88 Å². The number of aryl methyl sites for hydroxylation is 1. The number of hydrogen-bond acceptors (Lipinski definition) is 3. The highest BCUT2D eigenvalue weighted by Gasteiger charge is 2.22. The Balaban J connectivity index is 2.75. The van der Waals surface area contributed by atoms with Crippen LogP contribution in [-0.4, -0.2) is 34.2 Å². The average molecular weight is 208 g/mol. The van der Waals surface area contributed by atoms with E-state index in [2.05, 4.69) is 16.0 Å². The van der Waals surface area contributed by atoms with Gasteiger partial charge >= 0.3 is 0 Å². The van der Waals surface area contributed by atoms with Crippen LogP contribution < -0.4 is 0 Å². The van der Waals surface area contributed by atoms with Crippen molar-refractivity contribution in [1.82, 2.24) is 9.88 Å². The van der Waals surface area contributed by atoms with Crippen molar-refractivity contribution in [3.8, 4) is 0 Å². The summed E-state index contributed by atoms with van der Waals surface area (Å²) in [5.41, 5.74) is 2.07. The van der Waals surface area contributed by atoms with Gasteiger partial charge < -0.3 is 5.11 Å². The third-order valence-electron chi connectivity index (χ3n) is 2.94. The Morgan fingerprint density at radius 1 is 1.47 bits per heavy atom. The lowest BCUT2D eigenvalue weighted by Crippen LogP contribution is -2.43. The van der Waals surface area contributed by atoms with Crippen LogP contribution in [0.1, 0.15) is 25.1 Å². The Morgan fingerprint density at radius 3 is 2.67 bits per heavy atom. The Morgan fingerprint density at radius 2 is 2.13 bits per heavy atom. The number of rotatable bonds is 4. The molecule has 0 atom stereocenters. The van der Waals surface area contributed by atoms with Crippen LogP contribution in [0.5, 0.6) is 0 Å². The summed E-state index contributed by atoms with van der Waals surface area (Å²) in [6.45, 7) is 7.03. The molecule has 0 aromatic carbocycles. The van der Waals surface area contributed by atoms with Crippen LogP contribution in [0, 0.1) is 6.92 Å². The molecular weight excluding hydrogens is 188 g/mol. The second kappa shape index (κ2) is 4.73. The first-order valence-corrected chi connectivity index (χ1v) is 5.20. The number of nitrogens with zero attached hydrogens (tertiary/aromatic N) is 2. The molecule has 0 spiro atoms. The predicted molar refractivity (Wildman–Crippen MR) is 61.6 cm³/mol.